The monoisotopic (exact) mass is 185 g/mol. The summed E-state index contributed by atoms with van der Waals surface area (Å²) in [5.74, 6) is 0.0874. The summed E-state index contributed by atoms with van der Waals surface area (Å²) >= 11 is 3.25. The van der Waals surface area contributed by atoms with Crippen LogP contribution in [0.3, 0.4) is 0 Å². The van der Waals surface area contributed by atoms with Gasteiger partial charge in [0.15, 0.2) is 5.75 Å². The molecule has 1 aromatic rings. The van der Waals surface area contributed by atoms with E-state index in [2.05, 4.69) is 15.9 Å². The minimum absolute atomic E-state index is 0.0874. The van der Waals surface area contributed by atoms with E-state index in [0.717, 1.165) is 10.0 Å². The molecular formula is C7H6BrO. The quantitative estimate of drug-likeness (QED) is 0.593. The first-order valence-electron chi connectivity index (χ1n) is 2.64. The van der Waals surface area contributed by atoms with E-state index in [9.17, 15) is 5.11 Å². The summed E-state index contributed by atoms with van der Waals surface area (Å²) in [6, 6.07) is 5.15. The van der Waals surface area contributed by atoms with Crippen molar-refractivity contribution in [3.05, 3.63) is 28.2 Å². The van der Waals surface area contributed by atoms with E-state index in [0.29, 0.717) is 0 Å². The molecule has 1 rings (SSSR count). The first-order chi connectivity index (χ1) is 4.22. The van der Waals surface area contributed by atoms with Gasteiger partial charge in [-0.2, -0.15) is 0 Å². The number of hydrogen-bond donors (Lipinski definition) is 0. The van der Waals surface area contributed by atoms with Crippen molar-refractivity contribution in [3.63, 3.8) is 0 Å². The normalized spacial score (nSPS) is 9.56. The first kappa shape index (κ1) is 6.62. The predicted octanol–water partition coefficient (Wildman–Crippen LogP) is 2.90. The lowest BCUT2D eigenvalue weighted by atomic mass is 10.2. The van der Waals surface area contributed by atoms with Crippen LogP contribution in [0, 0.1) is 6.92 Å². The maximum Gasteiger partial charge on any atom is 0.182 e. The zero-order chi connectivity index (χ0) is 6.85. The SMILES string of the molecule is Cc1c([O])cccc1Br. The van der Waals surface area contributed by atoms with Crippen LogP contribution in [0.2, 0.25) is 0 Å². The second kappa shape index (κ2) is 2.40. The van der Waals surface area contributed by atoms with Crippen LogP contribution in [0.15, 0.2) is 22.7 Å². The molecule has 0 atom stereocenters. The van der Waals surface area contributed by atoms with E-state index in [-0.39, 0.29) is 5.75 Å². The van der Waals surface area contributed by atoms with Crippen LogP contribution >= 0.6 is 15.9 Å². The maximum atomic E-state index is 10.8. The molecule has 0 spiro atoms. The Labute approximate surface area is 62.5 Å². The molecule has 0 aliphatic heterocycles. The summed E-state index contributed by atoms with van der Waals surface area (Å²) in [4.78, 5) is 0. The highest BCUT2D eigenvalue weighted by atomic mass is 79.9. The number of rotatable bonds is 0. The molecule has 2 heteroatoms. The molecule has 0 aliphatic rings. The summed E-state index contributed by atoms with van der Waals surface area (Å²) in [5, 5.41) is 10.8. The van der Waals surface area contributed by atoms with Gasteiger partial charge in [0.05, 0.1) is 0 Å². The Morgan fingerprint density at radius 2 is 2.11 bits per heavy atom. The van der Waals surface area contributed by atoms with Gasteiger partial charge in [-0.1, -0.05) is 22.0 Å². The van der Waals surface area contributed by atoms with Gasteiger partial charge in [0, 0.05) is 10.0 Å². The molecule has 0 saturated carbocycles. The first-order valence-corrected chi connectivity index (χ1v) is 3.43. The van der Waals surface area contributed by atoms with Crippen molar-refractivity contribution < 1.29 is 5.11 Å². The highest BCUT2D eigenvalue weighted by molar-refractivity contribution is 9.10. The van der Waals surface area contributed by atoms with Crippen molar-refractivity contribution in [2.75, 3.05) is 0 Å². The van der Waals surface area contributed by atoms with Gasteiger partial charge in [-0.05, 0) is 19.1 Å². The highest BCUT2D eigenvalue weighted by Crippen LogP contribution is 2.24. The van der Waals surface area contributed by atoms with Crippen LogP contribution in [0.1, 0.15) is 5.56 Å². The third-order valence-electron chi connectivity index (χ3n) is 1.22. The van der Waals surface area contributed by atoms with E-state index in [1.54, 1.807) is 19.1 Å². The Morgan fingerprint density at radius 3 is 2.56 bits per heavy atom. The van der Waals surface area contributed by atoms with Gasteiger partial charge in [-0.25, -0.2) is 0 Å². The number of halogens is 1. The Bertz CT molecular complexity index is 200. The summed E-state index contributed by atoms with van der Waals surface area (Å²) in [7, 11) is 0. The van der Waals surface area contributed by atoms with Gasteiger partial charge in [-0.3, -0.25) is 5.11 Å². The topological polar surface area (TPSA) is 19.9 Å². The van der Waals surface area contributed by atoms with Crippen molar-refractivity contribution >= 4 is 15.9 Å². The van der Waals surface area contributed by atoms with Gasteiger partial charge < -0.3 is 0 Å². The van der Waals surface area contributed by atoms with E-state index < -0.39 is 0 Å². The van der Waals surface area contributed by atoms with Gasteiger partial charge in [0.2, 0.25) is 0 Å². The smallest absolute Gasteiger partial charge is 0.182 e. The lowest BCUT2D eigenvalue weighted by Gasteiger charge is -1.94. The molecule has 0 aromatic heterocycles. The van der Waals surface area contributed by atoms with Gasteiger partial charge >= 0.3 is 0 Å². The molecule has 1 radical (unpaired) electrons. The molecule has 0 saturated heterocycles. The summed E-state index contributed by atoms with van der Waals surface area (Å²) in [5.41, 5.74) is 0.775. The van der Waals surface area contributed by atoms with E-state index in [4.69, 9.17) is 0 Å². The van der Waals surface area contributed by atoms with Crippen molar-refractivity contribution in [1.29, 1.82) is 0 Å². The van der Waals surface area contributed by atoms with E-state index in [1.807, 2.05) is 6.07 Å². The Morgan fingerprint density at radius 1 is 1.44 bits per heavy atom. The molecule has 0 fully saturated rings. The maximum absolute atomic E-state index is 10.8. The second-order valence-corrected chi connectivity index (χ2v) is 2.72. The van der Waals surface area contributed by atoms with Crippen LogP contribution in [0.5, 0.6) is 5.75 Å². The predicted molar refractivity (Wildman–Crippen MR) is 39.0 cm³/mol. The van der Waals surface area contributed by atoms with Crippen molar-refractivity contribution in [3.8, 4) is 5.75 Å². The molecule has 0 unspecified atom stereocenters. The van der Waals surface area contributed by atoms with E-state index in [1.165, 1.54) is 0 Å². The standard InChI is InChI=1S/C7H6BrO/c1-5-6(8)3-2-4-7(5)9/h2-4H,1H3. The number of benzene rings is 1. The van der Waals surface area contributed by atoms with Gasteiger partial charge in [-0.15, -0.1) is 0 Å². The Hall–Kier alpha value is -0.500. The third-order valence-corrected chi connectivity index (χ3v) is 2.08. The molecule has 1 aromatic carbocycles. The summed E-state index contributed by atoms with van der Waals surface area (Å²) in [6.07, 6.45) is 0. The molecule has 1 nitrogen and oxygen atoms in total. The second-order valence-electron chi connectivity index (χ2n) is 1.86. The molecule has 0 heterocycles. The summed E-state index contributed by atoms with van der Waals surface area (Å²) < 4.78 is 0.884. The molecule has 9 heavy (non-hydrogen) atoms. The fourth-order valence-corrected chi connectivity index (χ4v) is 0.936. The zero-order valence-electron chi connectivity index (χ0n) is 5.02. The molecule has 0 aliphatic carbocycles. The largest absolute Gasteiger partial charge is 0.290 e. The number of hydrogen-bond acceptors (Lipinski definition) is 0. The van der Waals surface area contributed by atoms with Gasteiger partial charge in [0.25, 0.3) is 0 Å². The fourth-order valence-electron chi connectivity index (χ4n) is 0.588. The van der Waals surface area contributed by atoms with Crippen LogP contribution < -0.4 is 0 Å². The highest BCUT2D eigenvalue weighted by Gasteiger charge is 1.98. The third kappa shape index (κ3) is 1.24. The lowest BCUT2D eigenvalue weighted by molar-refractivity contribution is 0.351. The van der Waals surface area contributed by atoms with Crippen molar-refractivity contribution in [2.45, 2.75) is 6.92 Å². The fraction of sp³-hybridized carbons (Fsp3) is 0.143. The van der Waals surface area contributed by atoms with Crippen molar-refractivity contribution in [1.82, 2.24) is 0 Å². The Kier molecular flexibility index (Phi) is 1.76. The molecule has 0 bridgehead atoms. The minimum Gasteiger partial charge on any atom is -0.290 e. The minimum atomic E-state index is 0.0874. The molecule has 0 amide bonds. The molecular weight excluding hydrogens is 180 g/mol. The molecule has 0 N–H and O–H groups in total. The van der Waals surface area contributed by atoms with Crippen LogP contribution in [-0.2, 0) is 5.11 Å². The van der Waals surface area contributed by atoms with Gasteiger partial charge in [0.1, 0.15) is 0 Å². The van der Waals surface area contributed by atoms with Crippen LogP contribution in [-0.4, -0.2) is 0 Å². The average molecular weight is 186 g/mol. The van der Waals surface area contributed by atoms with Crippen LogP contribution in [0.4, 0.5) is 0 Å². The Balaban J connectivity index is 3.25. The molecule has 47 valence electrons. The van der Waals surface area contributed by atoms with E-state index >= 15 is 0 Å². The average Bonchev–Trinajstić information content (AvgIpc) is 1.83. The zero-order valence-corrected chi connectivity index (χ0v) is 6.60. The summed E-state index contributed by atoms with van der Waals surface area (Å²) in [6.45, 7) is 1.80. The van der Waals surface area contributed by atoms with Crippen molar-refractivity contribution in [2.24, 2.45) is 0 Å². The lowest BCUT2D eigenvalue weighted by Crippen LogP contribution is -1.72. The van der Waals surface area contributed by atoms with Crippen LogP contribution in [0.25, 0.3) is 0 Å².